The van der Waals surface area contributed by atoms with E-state index in [0.717, 1.165) is 18.7 Å². The molecule has 0 saturated heterocycles. The van der Waals surface area contributed by atoms with Crippen molar-refractivity contribution >= 4 is 11.7 Å². The molecule has 118 valence electrons. The number of carbonyl (C=O) groups is 1. The second-order valence-corrected chi connectivity index (χ2v) is 7.34. The SMILES string of the molecule is CC(C)(C)OC(=O)C(C)(C)CCN1CCc2[nH]cc(F)c21. The van der Waals surface area contributed by atoms with E-state index >= 15 is 0 Å². The first-order valence-electron chi connectivity index (χ1n) is 7.44. The minimum atomic E-state index is -0.581. The molecule has 4 nitrogen and oxygen atoms in total. The fraction of sp³-hybridized carbons (Fsp3) is 0.688. The molecule has 0 aliphatic carbocycles. The van der Waals surface area contributed by atoms with Gasteiger partial charge in [0.2, 0.25) is 0 Å². The van der Waals surface area contributed by atoms with Crippen molar-refractivity contribution in [2.45, 2.75) is 53.1 Å². The number of ether oxygens (including phenoxy) is 1. The zero-order valence-electron chi connectivity index (χ0n) is 13.5. The Kier molecular flexibility index (Phi) is 4.04. The topological polar surface area (TPSA) is 45.3 Å². The molecule has 1 aromatic rings. The van der Waals surface area contributed by atoms with E-state index in [4.69, 9.17) is 4.74 Å². The highest BCUT2D eigenvalue weighted by Gasteiger charge is 2.34. The van der Waals surface area contributed by atoms with Crippen molar-refractivity contribution in [3.05, 3.63) is 17.7 Å². The van der Waals surface area contributed by atoms with Gasteiger partial charge in [-0.25, -0.2) is 4.39 Å². The maximum absolute atomic E-state index is 13.7. The van der Waals surface area contributed by atoms with Gasteiger partial charge >= 0.3 is 5.97 Å². The number of halogens is 1. The third-order valence-corrected chi connectivity index (χ3v) is 3.79. The van der Waals surface area contributed by atoms with Crippen LogP contribution >= 0.6 is 0 Å². The zero-order chi connectivity index (χ0) is 15.8. The minimum absolute atomic E-state index is 0.205. The van der Waals surface area contributed by atoms with E-state index in [-0.39, 0.29) is 11.8 Å². The molecule has 0 fully saturated rings. The predicted molar refractivity (Wildman–Crippen MR) is 80.9 cm³/mol. The first kappa shape index (κ1) is 15.9. The van der Waals surface area contributed by atoms with Crippen LogP contribution in [0.5, 0.6) is 0 Å². The summed E-state index contributed by atoms with van der Waals surface area (Å²) in [6, 6.07) is 0. The van der Waals surface area contributed by atoms with Crippen molar-refractivity contribution in [3.8, 4) is 0 Å². The second kappa shape index (κ2) is 5.35. The molecule has 2 rings (SSSR count). The number of anilines is 1. The number of esters is 1. The van der Waals surface area contributed by atoms with Crippen molar-refractivity contribution in [3.63, 3.8) is 0 Å². The van der Waals surface area contributed by atoms with Crippen LogP contribution in [0.2, 0.25) is 0 Å². The number of hydrogen-bond acceptors (Lipinski definition) is 3. The molecule has 21 heavy (non-hydrogen) atoms. The minimum Gasteiger partial charge on any atom is -0.460 e. The van der Waals surface area contributed by atoms with Crippen LogP contribution in [0.1, 0.15) is 46.7 Å². The van der Waals surface area contributed by atoms with Gasteiger partial charge in [-0.05, 0) is 41.0 Å². The Morgan fingerprint density at radius 3 is 2.67 bits per heavy atom. The summed E-state index contributed by atoms with van der Waals surface area (Å²) in [5.41, 5.74) is 0.544. The molecule has 0 amide bonds. The summed E-state index contributed by atoms with van der Waals surface area (Å²) < 4.78 is 19.2. The highest BCUT2D eigenvalue weighted by Crippen LogP contribution is 2.32. The summed E-state index contributed by atoms with van der Waals surface area (Å²) in [5, 5.41) is 0. The van der Waals surface area contributed by atoms with E-state index in [1.165, 1.54) is 6.20 Å². The summed E-state index contributed by atoms with van der Waals surface area (Å²) in [4.78, 5) is 17.2. The first-order chi connectivity index (χ1) is 9.60. The van der Waals surface area contributed by atoms with Gasteiger partial charge in [0, 0.05) is 31.4 Å². The molecule has 1 aliphatic heterocycles. The van der Waals surface area contributed by atoms with Crippen molar-refractivity contribution in [1.29, 1.82) is 0 Å². The Hall–Kier alpha value is -1.52. The normalized spacial score (nSPS) is 15.2. The lowest BCUT2D eigenvalue weighted by molar-refractivity contribution is -0.165. The molecule has 1 aliphatic rings. The number of aromatic nitrogens is 1. The molecule has 1 aromatic heterocycles. The van der Waals surface area contributed by atoms with E-state index in [1.807, 2.05) is 39.5 Å². The molecule has 0 unspecified atom stereocenters. The van der Waals surface area contributed by atoms with Crippen molar-refractivity contribution < 1.29 is 13.9 Å². The van der Waals surface area contributed by atoms with Gasteiger partial charge in [0.25, 0.3) is 0 Å². The number of fused-ring (bicyclic) bond motifs is 1. The summed E-state index contributed by atoms with van der Waals surface area (Å²) in [6.45, 7) is 10.8. The van der Waals surface area contributed by atoms with Crippen LogP contribution in [0.25, 0.3) is 0 Å². The van der Waals surface area contributed by atoms with Crippen LogP contribution in [-0.2, 0) is 16.0 Å². The third-order valence-electron chi connectivity index (χ3n) is 3.79. The Labute approximate surface area is 125 Å². The Bertz CT molecular complexity index is 529. The summed E-state index contributed by atoms with van der Waals surface area (Å²) in [5.74, 6) is -0.415. The molecule has 0 bridgehead atoms. The molecule has 0 saturated carbocycles. The van der Waals surface area contributed by atoms with E-state index < -0.39 is 11.0 Å². The van der Waals surface area contributed by atoms with Gasteiger partial charge in [-0.1, -0.05) is 0 Å². The van der Waals surface area contributed by atoms with Gasteiger partial charge in [0.15, 0.2) is 5.82 Å². The molecule has 0 spiro atoms. The van der Waals surface area contributed by atoms with Crippen molar-refractivity contribution in [1.82, 2.24) is 4.98 Å². The van der Waals surface area contributed by atoms with Gasteiger partial charge in [-0.3, -0.25) is 4.79 Å². The van der Waals surface area contributed by atoms with Gasteiger partial charge in [-0.15, -0.1) is 0 Å². The highest BCUT2D eigenvalue weighted by molar-refractivity contribution is 5.76. The molecule has 0 atom stereocenters. The monoisotopic (exact) mass is 296 g/mol. The standard InChI is InChI=1S/C16H25FN2O2/c1-15(2,3)21-14(20)16(4,5)7-9-19-8-6-12-13(19)11(17)10-18-12/h10,18H,6-9H2,1-5H3. The average molecular weight is 296 g/mol. The highest BCUT2D eigenvalue weighted by atomic mass is 19.1. The Balaban J connectivity index is 1.96. The van der Waals surface area contributed by atoms with Gasteiger partial charge in [0.05, 0.1) is 11.1 Å². The number of hydrogen-bond donors (Lipinski definition) is 1. The fourth-order valence-electron chi connectivity index (χ4n) is 2.48. The van der Waals surface area contributed by atoms with Crippen LogP contribution in [0, 0.1) is 11.2 Å². The molecular weight excluding hydrogens is 271 g/mol. The Morgan fingerprint density at radius 1 is 1.38 bits per heavy atom. The number of carbonyl (C=O) groups excluding carboxylic acids is 1. The van der Waals surface area contributed by atoms with Crippen LogP contribution in [0.15, 0.2) is 6.20 Å². The Morgan fingerprint density at radius 2 is 2.05 bits per heavy atom. The fourth-order valence-corrected chi connectivity index (χ4v) is 2.48. The number of rotatable bonds is 4. The summed E-state index contributed by atoms with van der Waals surface area (Å²) in [7, 11) is 0. The maximum Gasteiger partial charge on any atom is 0.312 e. The van der Waals surface area contributed by atoms with Crippen molar-refractivity contribution in [2.24, 2.45) is 5.41 Å². The van der Waals surface area contributed by atoms with Crippen molar-refractivity contribution in [2.75, 3.05) is 18.0 Å². The van der Waals surface area contributed by atoms with E-state index in [0.29, 0.717) is 18.7 Å². The van der Waals surface area contributed by atoms with Gasteiger partial charge in [0.1, 0.15) is 5.60 Å². The van der Waals surface area contributed by atoms with Gasteiger partial charge < -0.3 is 14.6 Å². The lowest BCUT2D eigenvalue weighted by Crippen LogP contribution is -2.36. The van der Waals surface area contributed by atoms with Crippen LogP contribution < -0.4 is 4.90 Å². The third kappa shape index (κ3) is 3.57. The largest absolute Gasteiger partial charge is 0.460 e. The quantitative estimate of drug-likeness (QED) is 0.867. The predicted octanol–water partition coefficient (Wildman–Crippen LogP) is 3.27. The lowest BCUT2D eigenvalue weighted by atomic mass is 9.89. The second-order valence-electron chi connectivity index (χ2n) is 7.34. The number of H-pyrrole nitrogens is 1. The molecule has 1 N–H and O–H groups in total. The van der Waals surface area contributed by atoms with E-state index in [9.17, 15) is 9.18 Å². The van der Waals surface area contributed by atoms with Crippen LogP contribution in [0.4, 0.5) is 10.1 Å². The smallest absolute Gasteiger partial charge is 0.312 e. The zero-order valence-corrected chi connectivity index (χ0v) is 13.5. The van der Waals surface area contributed by atoms with E-state index in [2.05, 4.69) is 4.98 Å². The number of nitrogens with zero attached hydrogens (tertiary/aromatic N) is 1. The van der Waals surface area contributed by atoms with Crippen LogP contribution in [0.3, 0.4) is 0 Å². The molecule has 0 aromatic carbocycles. The average Bonchev–Trinajstić information content (AvgIpc) is 2.88. The molecular formula is C16H25FN2O2. The molecule has 2 heterocycles. The maximum atomic E-state index is 13.7. The number of nitrogens with one attached hydrogen (secondary N) is 1. The summed E-state index contributed by atoms with van der Waals surface area (Å²) in [6.07, 6.45) is 2.86. The number of aromatic amines is 1. The van der Waals surface area contributed by atoms with Crippen LogP contribution in [-0.4, -0.2) is 29.6 Å². The van der Waals surface area contributed by atoms with E-state index in [1.54, 1.807) is 0 Å². The first-order valence-corrected chi connectivity index (χ1v) is 7.44. The lowest BCUT2D eigenvalue weighted by Gasteiger charge is -2.30. The summed E-state index contributed by atoms with van der Waals surface area (Å²) >= 11 is 0. The molecule has 5 heteroatoms. The molecule has 0 radical (unpaired) electrons. The van der Waals surface area contributed by atoms with Gasteiger partial charge in [-0.2, -0.15) is 0 Å².